The van der Waals surface area contributed by atoms with E-state index in [-0.39, 0.29) is 11.9 Å². The molecule has 2 atom stereocenters. The van der Waals surface area contributed by atoms with Gasteiger partial charge in [0.25, 0.3) is 0 Å². The first-order valence-corrected chi connectivity index (χ1v) is 8.14. The van der Waals surface area contributed by atoms with Gasteiger partial charge < -0.3 is 5.32 Å². The van der Waals surface area contributed by atoms with E-state index in [0.717, 1.165) is 6.54 Å². The average molecular weight is 310 g/mol. The molecule has 0 spiro atoms. The first-order chi connectivity index (χ1) is 11.1. The van der Waals surface area contributed by atoms with Gasteiger partial charge in [0, 0.05) is 13.1 Å². The summed E-state index contributed by atoms with van der Waals surface area (Å²) in [4.78, 5) is 14.4. The number of hydrogen-bond donors (Lipinski definition) is 1. The summed E-state index contributed by atoms with van der Waals surface area (Å²) < 4.78 is 0. The van der Waals surface area contributed by atoms with Crippen LogP contribution in [0.4, 0.5) is 0 Å². The van der Waals surface area contributed by atoms with E-state index in [1.807, 2.05) is 50.4 Å². The fourth-order valence-corrected chi connectivity index (χ4v) is 2.51. The molecule has 122 valence electrons. The van der Waals surface area contributed by atoms with Gasteiger partial charge in [0.2, 0.25) is 5.91 Å². The number of carbonyl (C=O) groups is 1. The van der Waals surface area contributed by atoms with E-state index in [1.54, 1.807) is 0 Å². The van der Waals surface area contributed by atoms with Crippen LogP contribution in [-0.4, -0.2) is 30.4 Å². The molecule has 0 heterocycles. The highest BCUT2D eigenvalue weighted by atomic mass is 16.2. The van der Waals surface area contributed by atoms with E-state index in [4.69, 9.17) is 0 Å². The van der Waals surface area contributed by atoms with Gasteiger partial charge >= 0.3 is 0 Å². The van der Waals surface area contributed by atoms with E-state index < -0.39 is 0 Å². The fraction of sp³-hybridized carbons (Fsp3) is 0.350. The molecular weight excluding hydrogens is 284 g/mol. The van der Waals surface area contributed by atoms with Gasteiger partial charge in [0.15, 0.2) is 0 Å². The Kier molecular flexibility index (Phi) is 6.36. The summed E-state index contributed by atoms with van der Waals surface area (Å²) in [6.07, 6.45) is 0. The fourth-order valence-electron chi connectivity index (χ4n) is 2.51. The van der Waals surface area contributed by atoms with Gasteiger partial charge in [-0.2, -0.15) is 0 Å². The lowest BCUT2D eigenvalue weighted by atomic mass is 10.0. The highest BCUT2D eigenvalue weighted by Crippen LogP contribution is 2.13. The molecule has 0 saturated heterocycles. The van der Waals surface area contributed by atoms with E-state index in [9.17, 15) is 4.79 Å². The number of amides is 1. The number of likely N-dealkylation sites (N-methyl/N-ethyl adjacent to an activating group) is 1. The molecule has 0 aromatic heterocycles. The van der Waals surface area contributed by atoms with Gasteiger partial charge in [0.05, 0.1) is 6.04 Å². The van der Waals surface area contributed by atoms with Crippen molar-refractivity contribution < 1.29 is 4.79 Å². The first kappa shape index (κ1) is 17.2. The van der Waals surface area contributed by atoms with Gasteiger partial charge in [-0.05, 0) is 31.0 Å². The second kappa shape index (κ2) is 8.49. The molecule has 3 nitrogen and oxygen atoms in total. The van der Waals surface area contributed by atoms with Crippen molar-refractivity contribution in [1.29, 1.82) is 0 Å². The third kappa shape index (κ3) is 5.22. The molecule has 0 aliphatic carbocycles. The standard InChI is InChI=1S/C20H26N2O/c1-16(19-12-8-5-9-13-19)14-21-20(23)17(2)22(3)15-18-10-6-4-7-11-18/h4-13,16-17H,14-15H2,1-3H3,(H,21,23). The Balaban J connectivity index is 1.82. The van der Waals surface area contributed by atoms with Crippen molar-refractivity contribution in [1.82, 2.24) is 10.2 Å². The lowest BCUT2D eigenvalue weighted by Crippen LogP contribution is -2.43. The minimum Gasteiger partial charge on any atom is -0.354 e. The Morgan fingerprint density at radius 2 is 1.57 bits per heavy atom. The predicted molar refractivity (Wildman–Crippen MR) is 95.2 cm³/mol. The van der Waals surface area contributed by atoms with Crippen molar-refractivity contribution in [3.63, 3.8) is 0 Å². The van der Waals surface area contributed by atoms with Crippen LogP contribution >= 0.6 is 0 Å². The van der Waals surface area contributed by atoms with E-state index in [2.05, 4.69) is 41.4 Å². The smallest absolute Gasteiger partial charge is 0.237 e. The van der Waals surface area contributed by atoms with Crippen molar-refractivity contribution in [2.45, 2.75) is 32.4 Å². The maximum Gasteiger partial charge on any atom is 0.237 e. The van der Waals surface area contributed by atoms with Gasteiger partial charge in [-0.1, -0.05) is 67.6 Å². The minimum atomic E-state index is -0.154. The molecule has 2 unspecified atom stereocenters. The van der Waals surface area contributed by atoms with Crippen LogP contribution in [0.5, 0.6) is 0 Å². The van der Waals surface area contributed by atoms with Crippen molar-refractivity contribution >= 4 is 5.91 Å². The molecule has 0 radical (unpaired) electrons. The Labute approximate surface area is 139 Å². The molecule has 2 aromatic carbocycles. The number of nitrogens with one attached hydrogen (secondary N) is 1. The molecule has 1 N–H and O–H groups in total. The summed E-state index contributed by atoms with van der Waals surface area (Å²) in [6, 6.07) is 20.3. The van der Waals surface area contributed by atoms with Gasteiger partial charge in [0.1, 0.15) is 0 Å². The summed E-state index contributed by atoms with van der Waals surface area (Å²) >= 11 is 0. The monoisotopic (exact) mass is 310 g/mol. The Morgan fingerprint density at radius 1 is 1.00 bits per heavy atom. The Hall–Kier alpha value is -2.13. The third-order valence-electron chi connectivity index (χ3n) is 4.27. The normalized spacial score (nSPS) is 13.6. The quantitative estimate of drug-likeness (QED) is 0.850. The molecule has 2 aromatic rings. The van der Waals surface area contributed by atoms with Crippen LogP contribution in [0.25, 0.3) is 0 Å². The largest absolute Gasteiger partial charge is 0.354 e. The number of benzene rings is 2. The van der Waals surface area contributed by atoms with Crippen LogP contribution in [0, 0.1) is 0 Å². The summed E-state index contributed by atoms with van der Waals surface area (Å²) in [7, 11) is 1.98. The lowest BCUT2D eigenvalue weighted by Gasteiger charge is -2.24. The maximum atomic E-state index is 12.4. The minimum absolute atomic E-state index is 0.0752. The van der Waals surface area contributed by atoms with Crippen molar-refractivity contribution in [3.05, 3.63) is 71.8 Å². The van der Waals surface area contributed by atoms with Gasteiger partial charge in [-0.3, -0.25) is 9.69 Å². The number of hydrogen-bond acceptors (Lipinski definition) is 2. The Morgan fingerprint density at radius 3 is 2.17 bits per heavy atom. The van der Waals surface area contributed by atoms with Crippen LogP contribution < -0.4 is 5.32 Å². The van der Waals surface area contributed by atoms with Crippen molar-refractivity contribution in [3.8, 4) is 0 Å². The molecule has 0 fully saturated rings. The van der Waals surface area contributed by atoms with Crippen LogP contribution in [-0.2, 0) is 11.3 Å². The third-order valence-corrected chi connectivity index (χ3v) is 4.27. The molecule has 2 rings (SSSR count). The molecule has 0 aliphatic rings. The molecule has 0 bridgehead atoms. The van der Waals surface area contributed by atoms with E-state index in [1.165, 1.54) is 11.1 Å². The highest BCUT2D eigenvalue weighted by molar-refractivity contribution is 5.81. The lowest BCUT2D eigenvalue weighted by molar-refractivity contribution is -0.125. The van der Waals surface area contributed by atoms with E-state index >= 15 is 0 Å². The average Bonchev–Trinajstić information content (AvgIpc) is 2.60. The van der Waals surface area contributed by atoms with Gasteiger partial charge in [-0.25, -0.2) is 0 Å². The van der Waals surface area contributed by atoms with Crippen molar-refractivity contribution in [2.24, 2.45) is 0 Å². The van der Waals surface area contributed by atoms with Crippen LogP contribution in [0.15, 0.2) is 60.7 Å². The van der Waals surface area contributed by atoms with Crippen molar-refractivity contribution in [2.75, 3.05) is 13.6 Å². The number of carbonyl (C=O) groups excluding carboxylic acids is 1. The SMILES string of the molecule is CC(CNC(=O)C(C)N(C)Cc1ccccc1)c1ccccc1. The molecule has 1 amide bonds. The number of rotatable bonds is 7. The highest BCUT2D eigenvalue weighted by Gasteiger charge is 2.18. The van der Waals surface area contributed by atoms with Gasteiger partial charge in [-0.15, -0.1) is 0 Å². The summed E-state index contributed by atoms with van der Waals surface area (Å²) in [5.74, 6) is 0.387. The summed E-state index contributed by atoms with van der Waals surface area (Å²) in [6.45, 7) is 5.51. The van der Waals surface area contributed by atoms with E-state index in [0.29, 0.717) is 12.5 Å². The second-order valence-corrected chi connectivity index (χ2v) is 6.13. The second-order valence-electron chi connectivity index (χ2n) is 6.13. The zero-order chi connectivity index (χ0) is 16.7. The predicted octanol–water partition coefficient (Wildman–Crippen LogP) is 3.43. The first-order valence-electron chi connectivity index (χ1n) is 8.14. The van der Waals surface area contributed by atoms with Crippen LogP contribution in [0.2, 0.25) is 0 Å². The number of nitrogens with zero attached hydrogens (tertiary/aromatic N) is 1. The zero-order valence-electron chi connectivity index (χ0n) is 14.2. The molecule has 0 aliphatic heterocycles. The van der Waals surface area contributed by atoms with Crippen LogP contribution in [0.1, 0.15) is 30.9 Å². The topological polar surface area (TPSA) is 32.3 Å². The summed E-state index contributed by atoms with van der Waals surface area (Å²) in [5, 5.41) is 3.07. The molecule has 23 heavy (non-hydrogen) atoms. The molecular formula is C20H26N2O. The molecule has 3 heteroatoms. The maximum absolute atomic E-state index is 12.4. The Bertz CT molecular complexity index is 598. The molecule has 0 saturated carbocycles. The van der Waals surface area contributed by atoms with Crippen LogP contribution in [0.3, 0.4) is 0 Å². The zero-order valence-corrected chi connectivity index (χ0v) is 14.2. The summed E-state index contributed by atoms with van der Waals surface area (Å²) in [5.41, 5.74) is 2.46.